The lowest BCUT2D eigenvalue weighted by molar-refractivity contribution is -0.140. The third-order valence-corrected chi connectivity index (χ3v) is 5.86. The van der Waals surface area contributed by atoms with Crippen LogP contribution in [-0.2, 0) is 22.6 Å². The number of nitrogens with one attached hydrogen (secondary N) is 1. The van der Waals surface area contributed by atoms with Crippen molar-refractivity contribution >= 4 is 11.9 Å². The predicted molar refractivity (Wildman–Crippen MR) is 108 cm³/mol. The van der Waals surface area contributed by atoms with Gasteiger partial charge in [-0.1, -0.05) is 30.3 Å². The Kier molecular flexibility index (Phi) is 5.94. The van der Waals surface area contributed by atoms with Gasteiger partial charge < -0.3 is 15.0 Å². The molecule has 2 aliphatic rings. The summed E-state index contributed by atoms with van der Waals surface area (Å²) < 4.78 is 2.00. The minimum absolute atomic E-state index is 0.00441. The fourth-order valence-corrected chi connectivity index (χ4v) is 4.01. The summed E-state index contributed by atoms with van der Waals surface area (Å²) in [6, 6.07) is 10.5. The molecule has 0 aliphatic heterocycles. The fraction of sp³-hybridized carbons (Fsp3) is 0.500. The lowest BCUT2D eigenvalue weighted by Crippen LogP contribution is -2.55. The highest BCUT2D eigenvalue weighted by Crippen LogP contribution is 2.33. The summed E-state index contributed by atoms with van der Waals surface area (Å²) in [5.41, 5.74) is 2.06. The fourth-order valence-electron chi connectivity index (χ4n) is 4.01. The van der Waals surface area contributed by atoms with Gasteiger partial charge in [0.05, 0.1) is 19.3 Å². The molecule has 0 atom stereocenters. The third kappa shape index (κ3) is 5.44. The molecule has 4 rings (SSSR count). The molecule has 0 radical (unpaired) electrons. The Balaban J connectivity index is 1.25. The summed E-state index contributed by atoms with van der Waals surface area (Å²) in [5.74, 6) is -0.118. The van der Waals surface area contributed by atoms with E-state index >= 15 is 0 Å². The van der Waals surface area contributed by atoms with Crippen LogP contribution in [0, 0.1) is 5.92 Å². The molecule has 2 fully saturated rings. The van der Waals surface area contributed by atoms with Crippen LogP contribution < -0.4 is 5.32 Å². The van der Waals surface area contributed by atoms with Gasteiger partial charge in [-0.15, -0.1) is 0 Å². The van der Waals surface area contributed by atoms with Gasteiger partial charge in [-0.2, -0.15) is 0 Å². The van der Waals surface area contributed by atoms with Gasteiger partial charge in [-0.05, 0) is 37.2 Å². The van der Waals surface area contributed by atoms with Gasteiger partial charge in [-0.25, -0.2) is 4.98 Å². The topological polar surface area (TPSA) is 87.5 Å². The summed E-state index contributed by atoms with van der Waals surface area (Å²) >= 11 is 0. The highest BCUT2D eigenvalue weighted by Gasteiger charge is 2.37. The largest absolute Gasteiger partial charge is 0.480 e. The predicted octanol–water partition coefficient (Wildman–Crippen LogP) is 1.92. The minimum Gasteiger partial charge on any atom is -0.480 e. The molecule has 0 unspecified atom stereocenters. The van der Waals surface area contributed by atoms with E-state index in [0.29, 0.717) is 18.9 Å². The van der Waals surface area contributed by atoms with E-state index < -0.39 is 5.97 Å². The van der Waals surface area contributed by atoms with E-state index in [1.54, 1.807) is 12.5 Å². The number of hydrogen-bond acceptors (Lipinski definition) is 4. The van der Waals surface area contributed by atoms with Crippen molar-refractivity contribution in [3.8, 4) is 0 Å². The zero-order chi connectivity index (χ0) is 20.2. The Morgan fingerprint density at radius 2 is 1.97 bits per heavy atom. The second kappa shape index (κ2) is 8.78. The molecule has 2 aromatic rings. The summed E-state index contributed by atoms with van der Waals surface area (Å²) in [5, 5.41) is 12.3. The minimum atomic E-state index is -0.773. The summed E-state index contributed by atoms with van der Waals surface area (Å²) in [7, 11) is 0. The van der Waals surface area contributed by atoms with Crippen LogP contribution in [0.4, 0.5) is 0 Å². The lowest BCUT2D eigenvalue weighted by Gasteiger charge is -2.42. The van der Waals surface area contributed by atoms with Gasteiger partial charge in [0.25, 0.3) is 0 Å². The van der Waals surface area contributed by atoms with E-state index in [-0.39, 0.29) is 24.5 Å². The summed E-state index contributed by atoms with van der Waals surface area (Å²) in [6.45, 7) is 1.66. The normalized spacial score (nSPS) is 21.0. The van der Waals surface area contributed by atoms with Crippen molar-refractivity contribution in [3.05, 3.63) is 54.1 Å². The van der Waals surface area contributed by atoms with Crippen molar-refractivity contribution < 1.29 is 14.7 Å². The highest BCUT2D eigenvalue weighted by molar-refractivity contribution is 5.78. The first-order valence-electron chi connectivity index (χ1n) is 10.3. The maximum atomic E-state index is 12.5. The Morgan fingerprint density at radius 1 is 1.21 bits per heavy atom. The highest BCUT2D eigenvalue weighted by atomic mass is 16.4. The molecule has 154 valence electrons. The maximum Gasteiger partial charge on any atom is 0.317 e. The van der Waals surface area contributed by atoms with Crippen LogP contribution >= 0.6 is 0 Å². The Hall–Kier alpha value is -2.67. The van der Waals surface area contributed by atoms with E-state index in [2.05, 4.69) is 27.3 Å². The number of aliphatic carboxylic acids is 1. The number of carboxylic acid groups (broad SMARTS) is 1. The number of carbonyl (C=O) groups excluding carboxylic acids is 1. The molecule has 2 N–H and O–H groups in total. The van der Waals surface area contributed by atoms with E-state index in [1.807, 2.05) is 22.8 Å². The quantitative estimate of drug-likeness (QED) is 0.641. The van der Waals surface area contributed by atoms with Gasteiger partial charge in [-0.3, -0.25) is 14.5 Å². The number of carboxylic acids is 1. The first-order valence-corrected chi connectivity index (χ1v) is 10.3. The lowest BCUT2D eigenvalue weighted by atomic mass is 9.85. The Morgan fingerprint density at radius 3 is 2.66 bits per heavy atom. The van der Waals surface area contributed by atoms with Crippen molar-refractivity contribution in [2.75, 3.05) is 13.1 Å². The summed E-state index contributed by atoms with van der Waals surface area (Å²) in [4.78, 5) is 29.9. The SMILES string of the molecule is O=C(O)CN(CC1CC1)C1CC(NC(=O)Cc2cncn2Cc2ccccc2)C1. The average molecular weight is 396 g/mol. The third-order valence-electron chi connectivity index (χ3n) is 5.86. The molecular weight excluding hydrogens is 368 g/mol. The molecule has 1 aromatic heterocycles. The van der Waals surface area contributed by atoms with Crippen molar-refractivity contribution in [1.82, 2.24) is 19.8 Å². The summed E-state index contributed by atoms with van der Waals surface area (Å²) in [6.07, 6.45) is 7.88. The van der Waals surface area contributed by atoms with E-state index in [0.717, 1.165) is 25.1 Å². The van der Waals surface area contributed by atoms with Crippen LogP contribution in [0.2, 0.25) is 0 Å². The smallest absolute Gasteiger partial charge is 0.317 e. The van der Waals surface area contributed by atoms with Crippen molar-refractivity contribution in [3.63, 3.8) is 0 Å². The number of hydrogen-bond donors (Lipinski definition) is 2. The van der Waals surface area contributed by atoms with Crippen LogP contribution in [0.5, 0.6) is 0 Å². The first-order chi connectivity index (χ1) is 14.1. The van der Waals surface area contributed by atoms with Gasteiger partial charge in [0.15, 0.2) is 0 Å². The maximum absolute atomic E-state index is 12.5. The molecular formula is C22H28N4O3. The van der Waals surface area contributed by atoms with Crippen molar-refractivity contribution in [1.29, 1.82) is 0 Å². The Bertz CT molecular complexity index is 841. The molecule has 7 heteroatoms. The van der Waals surface area contributed by atoms with Gasteiger partial charge in [0.2, 0.25) is 5.91 Å². The number of nitrogens with zero attached hydrogens (tertiary/aromatic N) is 3. The van der Waals surface area contributed by atoms with E-state index in [4.69, 9.17) is 5.11 Å². The molecule has 0 saturated heterocycles. The van der Waals surface area contributed by atoms with Crippen LogP contribution in [0.25, 0.3) is 0 Å². The number of aromatic nitrogens is 2. The van der Waals surface area contributed by atoms with Crippen LogP contribution in [0.3, 0.4) is 0 Å². The first kappa shape index (κ1) is 19.6. The zero-order valence-electron chi connectivity index (χ0n) is 16.5. The molecule has 1 heterocycles. The zero-order valence-corrected chi connectivity index (χ0v) is 16.5. The average Bonchev–Trinajstić information content (AvgIpc) is 3.37. The second-order valence-electron chi connectivity index (χ2n) is 8.33. The van der Waals surface area contributed by atoms with Crippen LogP contribution in [0.1, 0.15) is 36.9 Å². The van der Waals surface area contributed by atoms with Crippen molar-refractivity contribution in [2.24, 2.45) is 5.92 Å². The molecule has 29 heavy (non-hydrogen) atoms. The molecule has 0 spiro atoms. The van der Waals surface area contributed by atoms with Gasteiger partial charge in [0.1, 0.15) is 0 Å². The van der Waals surface area contributed by atoms with Crippen LogP contribution in [0.15, 0.2) is 42.9 Å². The second-order valence-corrected chi connectivity index (χ2v) is 8.33. The molecule has 2 aliphatic carbocycles. The van der Waals surface area contributed by atoms with Crippen LogP contribution in [-0.4, -0.2) is 56.6 Å². The Labute approximate surface area is 170 Å². The number of carbonyl (C=O) groups is 2. The molecule has 2 saturated carbocycles. The van der Waals surface area contributed by atoms with E-state index in [9.17, 15) is 9.59 Å². The molecule has 1 aromatic carbocycles. The number of amides is 1. The number of rotatable bonds is 10. The molecule has 1 amide bonds. The van der Waals surface area contributed by atoms with Crippen molar-refractivity contribution in [2.45, 2.75) is 50.7 Å². The van der Waals surface area contributed by atoms with E-state index in [1.165, 1.54) is 18.4 Å². The number of benzene rings is 1. The standard InChI is InChI=1S/C22H28N4O3/c27-21(10-20-11-23-15-26(20)13-16-4-2-1-3-5-16)24-18-8-19(9-18)25(14-22(28)29)12-17-6-7-17/h1-5,11,15,17-19H,6-10,12-14H2,(H,24,27)(H,28,29). The number of imidazole rings is 1. The molecule has 7 nitrogen and oxygen atoms in total. The molecule has 0 bridgehead atoms. The van der Waals surface area contributed by atoms with Gasteiger partial charge >= 0.3 is 5.97 Å². The van der Waals surface area contributed by atoms with Gasteiger partial charge in [0, 0.05) is 37.1 Å². The monoisotopic (exact) mass is 396 g/mol.